The Balaban J connectivity index is 2.83. The molecule has 1 aliphatic carbocycles. The molecule has 0 bridgehead atoms. The van der Waals surface area contributed by atoms with Crippen molar-refractivity contribution < 1.29 is 0 Å². The molecule has 0 amide bonds. The maximum atomic E-state index is 4.26. The van der Waals surface area contributed by atoms with Gasteiger partial charge in [-0.15, -0.1) is 0 Å². The zero-order chi connectivity index (χ0) is 12.7. The first-order chi connectivity index (χ1) is 7.91. The fourth-order valence-corrected chi connectivity index (χ4v) is 2.54. The van der Waals surface area contributed by atoms with Crippen LogP contribution in [-0.4, -0.2) is 0 Å². The summed E-state index contributed by atoms with van der Waals surface area (Å²) in [4.78, 5) is 0. The molecule has 0 radical (unpaired) electrons. The fourth-order valence-electron chi connectivity index (χ4n) is 2.54. The Morgan fingerprint density at radius 3 is 2.18 bits per heavy atom. The number of fused-ring (bicyclic) bond motifs is 1. The molecule has 1 aliphatic rings. The minimum absolute atomic E-state index is 1.16. The van der Waals surface area contributed by atoms with E-state index in [1.54, 1.807) is 0 Å². The van der Waals surface area contributed by atoms with Crippen molar-refractivity contribution in [1.82, 2.24) is 0 Å². The standard InChI is InChI=1S/C17H20/c1-10-7-11(2)14(5)17-15(6)13(4)12(3)9-16(17)8-10/h7-9H,5H2,1-4,6H3. The molecule has 2 rings (SSSR count). The number of benzene rings is 1. The fraction of sp³-hybridized carbons (Fsp3) is 0.294. The van der Waals surface area contributed by atoms with E-state index < -0.39 is 0 Å². The van der Waals surface area contributed by atoms with Gasteiger partial charge < -0.3 is 0 Å². The van der Waals surface area contributed by atoms with E-state index in [-0.39, 0.29) is 0 Å². The van der Waals surface area contributed by atoms with E-state index >= 15 is 0 Å². The van der Waals surface area contributed by atoms with Gasteiger partial charge in [-0.05, 0) is 73.6 Å². The minimum Gasteiger partial charge on any atom is -0.0909 e. The summed E-state index contributed by atoms with van der Waals surface area (Å²) in [6, 6.07) is 2.28. The van der Waals surface area contributed by atoms with Crippen molar-refractivity contribution in [2.75, 3.05) is 0 Å². The average Bonchev–Trinajstić information content (AvgIpc) is 2.34. The van der Waals surface area contributed by atoms with E-state index in [2.05, 4.69) is 59.4 Å². The molecule has 0 spiro atoms. The summed E-state index contributed by atoms with van der Waals surface area (Å²) in [7, 11) is 0. The molecule has 88 valence electrons. The van der Waals surface area contributed by atoms with Crippen LogP contribution in [0, 0.1) is 20.8 Å². The third-order valence-corrected chi connectivity index (χ3v) is 3.79. The van der Waals surface area contributed by atoms with Gasteiger partial charge in [0.25, 0.3) is 0 Å². The van der Waals surface area contributed by atoms with Crippen molar-refractivity contribution >= 4 is 11.6 Å². The Morgan fingerprint density at radius 1 is 0.882 bits per heavy atom. The lowest BCUT2D eigenvalue weighted by Crippen LogP contribution is -1.98. The van der Waals surface area contributed by atoms with E-state index in [4.69, 9.17) is 0 Å². The maximum Gasteiger partial charge on any atom is -0.00825 e. The van der Waals surface area contributed by atoms with Gasteiger partial charge in [-0.3, -0.25) is 0 Å². The van der Waals surface area contributed by atoms with Gasteiger partial charge in [-0.2, -0.15) is 0 Å². The van der Waals surface area contributed by atoms with Crippen molar-refractivity contribution in [3.8, 4) is 0 Å². The molecule has 0 saturated carbocycles. The maximum absolute atomic E-state index is 4.26. The van der Waals surface area contributed by atoms with Crippen LogP contribution in [0.15, 0.2) is 29.9 Å². The van der Waals surface area contributed by atoms with Crippen molar-refractivity contribution in [3.05, 3.63) is 57.7 Å². The highest BCUT2D eigenvalue weighted by Crippen LogP contribution is 2.35. The molecule has 0 saturated heterocycles. The second kappa shape index (κ2) is 4.03. The molecule has 0 unspecified atom stereocenters. The molecule has 0 fully saturated rings. The van der Waals surface area contributed by atoms with Gasteiger partial charge in [0.15, 0.2) is 0 Å². The van der Waals surface area contributed by atoms with E-state index in [0.717, 1.165) is 5.57 Å². The number of aryl methyl sites for hydroxylation is 1. The quantitative estimate of drug-likeness (QED) is 0.582. The first kappa shape index (κ1) is 11.9. The van der Waals surface area contributed by atoms with E-state index in [0.29, 0.717) is 0 Å². The zero-order valence-electron chi connectivity index (χ0n) is 11.4. The molecule has 17 heavy (non-hydrogen) atoms. The highest BCUT2D eigenvalue weighted by atomic mass is 14.2. The van der Waals surface area contributed by atoms with E-state index in [1.807, 2.05) is 0 Å². The molecular weight excluding hydrogens is 204 g/mol. The van der Waals surface area contributed by atoms with Crippen molar-refractivity contribution in [2.24, 2.45) is 0 Å². The molecule has 0 nitrogen and oxygen atoms in total. The zero-order valence-corrected chi connectivity index (χ0v) is 11.4. The van der Waals surface area contributed by atoms with Gasteiger partial charge in [0.1, 0.15) is 0 Å². The number of hydrogen-bond acceptors (Lipinski definition) is 0. The SMILES string of the molecule is C=C1C(C)=CC(C)=Cc2cc(C)c(C)c(C)c21. The molecule has 0 N–H and O–H groups in total. The lowest BCUT2D eigenvalue weighted by molar-refractivity contribution is 1.24. The summed E-state index contributed by atoms with van der Waals surface area (Å²) in [6.45, 7) is 15.1. The number of rotatable bonds is 0. The van der Waals surface area contributed by atoms with Crippen LogP contribution in [0.4, 0.5) is 0 Å². The monoisotopic (exact) mass is 224 g/mol. The molecule has 0 heteroatoms. The Labute approximate surface area is 104 Å². The van der Waals surface area contributed by atoms with Gasteiger partial charge in [0.05, 0.1) is 0 Å². The molecular formula is C17H20. The van der Waals surface area contributed by atoms with Gasteiger partial charge in [-0.1, -0.05) is 30.4 Å². The Bertz CT molecular complexity index is 566. The largest absolute Gasteiger partial charge is 0.0909 e. The summed E-state index contributed by atoms with van der Waals surface area (Å²) in [5.41, 5.74) is 10.5. The van der Waals surface area contributed by atoms with Gasteiger partial charge in [0.2, 0.25) is 0 Å². The molecule has 0 aromatic heterocycles. The molecule has 1 aromatic carbocycles. The van der Waals surface area contributed by atoms with E-state index in [1.165, 1.54) is 39.0 Å². The third-order valence-electron chi connectivity index (χ3n) is 3.79. The average molecular weight is 224 g/mol. The van der Waals surface area contributed by atoms with Crippen molar-refractivity contribution in [3.63, 3.8) is 0 Å². The lowest BCUT2D eigenvalue weighted by atomic mass is 9.88. The third kappa shape index (κ3) is 1.88. The van der Waals surface area contributed by atoms with Gasteiger partial charge in [-0.25, -0.2) is 0 Å². The molecule has 1 aromatic rings. The molecule has 0 heterocycles. The van der Waals surface area contributed by atoms with Crippen LogP contribution in [0.3, 0.4) is 0 Å². The van der Waals surface area contributed by atoms with Crippen molar-refractivity contribution in [1.29, 1.82) is 0 Å². The van der Waals surface area contributed by atoms with Crippen LogP contribution in [0.1, 0.15) is 41.7 Å². The Morgan fingerprint density at radius 2 is 1.53 bits per heavy atom. The highest BCUT2D eigenvalue weighted by molar-refractivity contribution is 5.87. The second-order valence-electron chi connectivity index (χ2n) is 5.10. The van der Waals surface area contributed by atoms with Crippen LogP contribution in [0.25, 0.3) is 11.6 Å². The summed E-state index contributed by atoms with van der Waals surface area (Å²) in [5.74, 6) is 0. The summed E-state index contributed by atoms with van der Waals surface area (Å²) in [6.07, 6.45) is 4.48. The first-order valence-electron chi connectivity index (χ1n) is 6.09. The van der Waals surface area contributed by atoms with Crippen molar-refractivity contribution in [2.45, 2.75) is 34.6 Å². The smallest absolute Gasteiger partial charge is 0.00825 e. The first-order valence-corrected chi connectivity index (χ1v) is 6.09. The summed E-state index contributed by atoms with van der Waals surface area (Å²) >= 11 is 0. The second-order valence-corrected chi connectivity index (χ2v) is 5.10. The predicted octanol–water partition coefficient (Wildman–Crippen LogP) is 4.99. The molecule has 0 atom stereocenters. The van der Waals surface area contributed by atoms with Crippen LogP contribution in [0.5, 0.6) is 0 Å². The Kier molecular flexibility index (Phi) is 2.82. The summed E-state index contributed by atoms with van der Waals surface area (Å²) in [5, 5.41) is 0. The van der Waals surface area contributed by atoms with Gasteiger partial charge in [0, 0.05) is 0 Å². The predicted molar refractivity (Wildman–Crippen MR) is 77.1 cm³/mol. The van der Waals surface area contributed by atoms with Crippen LogP contribution in [0.2, 0.25) is 0 Å². The molecule has 0 aliphatic heterocycles. The van der Waals surface area contributed by atoms with Crippen LogP contribution in [-0.2, 0) is 0 Å². The summed E-state index contributed by atoms with van der Waals surface area (Å²) < 4.78 is 0. The minimum atomic E-state index is 1.16. The van der Waals surface area contributed by atoms with Gasteiger partial charge >= 0.3 is 0 Å². The highest BCUT2D eigenvalue weighted by Gasteiger charge is 2.15. The van der Waals surface area contributed by atoms with Crippen LogP contribution >= 0.6 is 0 Å². The Hall–Kier alpha value is -1.56. The van der Waals surface area contributed by atoms with E-state index in [9.17, 15) is 0 Å². The topological polar surface area (TPSA) is 0 Å². The van der Waals surface area contributed by atoms with Crippen LogP contribution < -0.4 is 0 Å². The lowest BCUT2D eigenvalue weighted by Gasteiger charge is -2.16. The normalized spacial score (nSPS) is 15.0. The number of hydrogen-bond donors (Lipinski definition) is 0. The number of allylic oxidation sites excluding steroid dienone is 4.